The number of nitrogens with one attached hydrogen (secondary N) is 2. The summed E-state index contributed by atoms with van der Waals surface area (Å²) in [6.45, 7) is 0.0820. The Morgan fingerprint density at radius 2 is 2.00 bits per heavy atom. The molecule has 0 unspecified atom stereocenters. The summed E-state index contributed by atoms with van der Waals surface area (Å²) in [5.41, 5.74) is -0.762. The lowest BCUT2D eigenvalue weighted by molar-refractivity contribution is -0.141. The molecular weight excluding hydrogens is 291 g/mol. The molecule has 0 radical (unpaired) electrons. The average molecular weight is 305 g/mol. The molecule has 0 aliphatic heterocycles. The molecule has 21 heavy (non-hydrogen) atoms. The van der Waals surface area contributed by atoms with Crippen LogP contribution >= 0.6 is 0 Å². The van der Waals surface area contributed by atoms with Crippen molar-refractivity contribution >= 4 is 12.0 Å². The first-order valence-corrected chi connectivity index (χ1v) is 6.04. The van der Waals surface area contributed by atoms with Gasteiger partial charge in [0.25, 0.3) is 0 Å². The number of aromatic nitrogens is 1. The van der Waals surface area contributed by atoms with E-state index >= 15 is 0 Å². The van der Waals surface area contributed by atoms with Crippen LogP contribution in [0.4, 0.5) is 18.0 Å². The van der Waals surface area contributed by atoms with Crippen LogP contribution in [0.25, 0.3) is 0 Å². The molecule has 1 aromatic rings. The van der Waals surface area contributed by atoms with Gasteiger partial charge < -0.3 is 15.7 Å². The third kappa shape index (κ3) is 6.59. The molecule has 0 aromatic carbocycles. The third-order valence-corrected chi connectivity index (χ3v) is 2.42. The zero-order chi connectivity index (χ0) is 15.9. The molecule has 6 nitrogen and oxygen atoms in total. The first kappa shape index (κ1) is 16.7. The summed E-state index contributed by atoms with van der Waals surface area (Å²) in [6.07, 6.45) is -3.31. The second kappa shape index (κ2) is 7.46. The maximum atomic E-state index is 12.4. The number of nitrogens with zero attached hydrogens (tertiary/aromatic N) is 1. The SMILES string of the molecule is O=C(O)CCCNC(=O)NCc1ccnc(C(F)(F)F)c1. The lowest BCUT2D eigenvalue weighted by atomic mass is 10.2. The minimum Gasteiger partial charge on any atom is -0.481 e. The molecule has 0 atom stereocenters. The first-order valence-electron chi connectivity index (χ1n) is 6.04. The Labute approximate surface area is 118 Å². The normalized spacial score (nSPS) is 11.0. The number of hydrogen-bond acceptors (Lipinski definition) is 3. The summed E-state index contributed by atoms with van der Waals surface area (Å²) in [4.78, 5) is 24.8. The molecule has 0 fully saturated rings. The van der Waals surface area contributed by atoms with Gasteiger partial charge in [-0.2, -0.15) is 13.2 Å². The van der Waals surface area contributed by atoms with E-state index in [0.717, 1.165) is 12.3 Å². The highest BCUT2D eigenvalue weighted by Gasteiger charge is 2.32. The summed E-state index contributed by atoms with van der Waals surface area (Å²) < 4.78 is 37.3. The molecule has 3 N–H and O–H groups in total. The Kier molecular flexibility index (Phi) is 5.94. The summed E-state index contributed by atoms with van der Waals surface area (Å²) in [5.74, 6) is -0.964. The molecular formula is C12H14F3N3O3. The van der Waals surface area contributed by atoms with Crippen molar-refractivity contribution in [3.63, 3.8) is 0 Å². The van der Waals surface area contributed by atoms with E-state index in [-0.39, 0.29) is 31.5 Å². The predicted octanol–water partition coefficient (Wildman–Crippen LogP) is 1.76. The Bertz CT molecular complexity index is 506. The van der Waals surface area contributed by atoms with Gasteiger partial charge >= 0.3 is 18.2 Å². The zero-order valence-electron chi connectivity index (χ0n) is 10.9. The number of pyridine rings is 1. The van der Waals surface area contributed by atoms with Crippen molar-refractivity contribution in [3.05, 3.63) is 29.6 Å². The number of amides is 2. The van der Waals surface area contributed by atoms with E-state index in [4.69, 9.17) is 5.11 Å². The van der Waals surface area contributed by atoms with Gasteiger partial charge in [-0.15, -0.1) is 0 Å². The van der Waals surface area contributed by atoms with Gasteiger partial charge in [-0.25, -0.2) is 4.79 Å². The fourth-order valence-electron chi connectivity index (χ4n) is 1.43. The van der Waals surface area contributed by atoms with Gasteiger partial charge in [0.15, 0.2) is 0 Å². The second-order valence-electron chi connectivity index (χ2n) is 4.15. The van der Waals surface area contributed by atoms with Crippen molar-refractivity contribution in [2.45, 2.75) is 25.6 Å². The molecule has 0 spiro atoms. The maximum Gasteiger partial charge on any atom is 0.433 e. The van der Waals surface area contributed by atoms with Gasteiger partial charge in [-0.1, -0.05) is 0 Å². The summed E-state index contributed by atoms with van der Waals surface area (Å²) in [5, 5.41) is 13.2. The van der Waals surface area contributed by atoms with Crippen molar-refractivity contribution < 1.29 is 27.9 Å². The van der Waals surface area contributed by atoms with Gasteiger partial charge in [0.05, 0.1) is 0 Å². The number of carbonyl (C=O) groups is 2. The number of carbonyl (C=O) groups excluding carboxylic acids is 1. The van der Waals surface area contributed by atoms with Gasteiger partial charge in [0, 0.05) is 25.7 Å². The topological polar surface area (TPSA) is 91.3 Å². The van der Waals surface area contributed by atoms with Crippen LogP contribution in [0.2, 0.25) is 0 Å². The van der Waals surface area contributed by atoms with Gasteiger partial charge in [-0.05, 0) is 24.1 Å². The largest absolute Gasteiger partial charge is 0.481 e. The number of carboxylic acids is 1. The van der Waals surface area contributed by atoms with Crippen LogP contribution in [-0.2, 0) is 17.5 Å². The molecule has 0 saturated heterocycles. The van der Waals surface area contributed by atoms with Crippen LogP contribution in [0.5, 0.6) is 0 Å². The van der Waals surface area contributed by atoms with E-state index in [1.807, 2.05) is 0 Å². The predicted molar refractivity (Wildman–Crippen MR) is 66.3 cm³/mol. The lowest BCUT2D eigenvalue weighted by Crippen LogP contribution is -2.35. The minimum atomic E-state index is -4.53. The average Bonchev–Trinajstić information content (AvgIpc) is 2.40. The number of alkyl halides is 3. The number of carboxylic acid groups (broad SMARTS) is 1. The van der Waals surface area contributed by atoms with E-state index in [0.29, 0.717) is 0 Å². The van der Waals surface area contributed by atoms with Crippen LogP contribution in [0.15, 0.2) is 18.3 Å². The summed E-state index contributed by atoms with van der Waals surface area (Å²) >= 11 is 0. The Morgan fingerprint density at radius 3 is 2.62 bits per heavy atom. The minimum absolute atomic E-state index is 0.0699. The molecule has 1 aromatic heterocycles. The quantitative estimate of drug-likeness (QED) is 0.698. The van der Waals surface area contributed by atoms with Crippen molar-refractivity contribution in [1.82, 2.24) is 15.6 Å². The lowest BCUT2D eigenvalue weighted by Gasteiger charge is -2.09. The summed E-state index contributed by atoms with van der Waals surface area (Å²) in [6, 6.07) is 1.63. The molecule has 1 heterocycles. The van der Waals surface area contributed by atoms with Crippen LogP contribution < -0.4 is 10.6 Å². The molecule has 0 bridgehead atoms. The highest BCUT2D eigenvalue weighted by atomic mass is 19.4. The molecule has 1 rings (SSSR count). The second-order valence-corrected chi connectivity index (χ2v) is 4.15. The highest BCUT2D eigenvalue weighted by Crippen LogP contribution is 2.27. The Balaban J connectivity index is 2.38. The van der Waals surface area contributed by atoms with Crippen molar-refractivity contribution in [2.24, 2.45) is 0 Å². The van der Waals surface area contributed by atoms with E-state index in [9.17, 15) is 22.8 Å². The van der Waals surface area contributed by atoms with Crippen molar-refractivity contribution in [3.8, 4) is 0 Å². The number of halogens is 3. The third-order valence-electron chi connectivity index (χ3n) is 2.42. The van der Waals surface area contributed by atoms with Crippen LogP contribution in [0, 0.1) is 0 Å². The molecule has 0 aliphatic rings. The number of rotatable bonds is 6. The van der Waals surface area contributed by atoms with E-state index in [1.165, 1.54) is 6.07 Å². The van der Waals surface area contributed by atoms with Crippen LogP contribution in [0.1, 0.15) is 24.1 Å². The van der Waals surface area contributed by atoms with E-state index in [1.54, 1.807) is 0 Å². The molecule has 9 heteroatoms. The maximum absolute atomic E-state index is 12.4. The van der Waals surface area contributed by atoms with Gasteiger partial charge in [-0.3, -0.25) is 9.78 Å². The first-order chi connectivity index (χ1) is 9.79. The van der Waals surface area contributed by atoms with Crippen molar-refractivity contribution in [2.75, 3.05) is 6.54 Å². The van der Waals surface area contributed by atoms with Crippen LogP contribution in [-0.4, -0.2) is 28.6 Å². The fourth-order valence-corrected chi connectivity index (χ4v) is 1.43. The fraction of sp³-hybridized carbons (Fsp3) is 0.417. The number of hydrogen-bond donors (Lipinski definition) is 3. The number of urea groups is 1. The van der Waals surface area contributed by atoms with E-state index in [2.05, 4.69) is 15.6 Å². The highest BCUT2D eigenvalue weighted by molar-refractivity contribution is 5.73. The van der Waals surface area contributed by atoms with Crippen molar-refractivity contribution in [1.29, 1.82) is 0 Å². The molecule has 0 aliphatic carbocycles. The van der Waals surface area contributed by atoms with E-state index < -0.39 is 23.9 Å². The standard InChI is InChI=1S/C12H14F3N3O3/c13-12(14,15)9-6-8(3-5-16-9)7-18-11(21)17-4-1-2-10(19)20/h3,5-6H,1-2,4,7H2,(H,19,20)(H2,17,18,21). The van der Waals surface area contributed by atoms with Gasteiger partial charge in [0.1, 0.15) is 5.69 Å². The summed E-state index contributed by atoms with van der Waals surface area (Å²) in [7, 11) is 0. The Morgan fingerprint density at radius 1 is 1.29 bits per heavy atom. The monoisotopic (exact) mass is 305 g/mol. The van der Waals surface area contributed by atoms with Gasteiger partial charge in [0.2, 0.25) is 0 Å². The smallest absolute Gasteiger partial charge is 0.433 e. The van der Waals surface area contributed by atoms with Crippen LogP contribution in [0.3, 0.4) is 0 Å². The molecule has 116 valence electrons. The Hall–Kier alpha value is -2.32. The zero-order valence-corrected chi connectivity index (χ0v) is 10.9. The molecule has 0 saturated carbocycles. The number of aliphatic carboxylic acids is 1. The molecule has 2 amide bonds.